The molecule has 2 rings (SSSR count). The first-order valence-electron chi connectivity index (χ1n) is 21.1. The van der Waals surface area contributed by atoms with E-state index in [0.717, 1.165) is 5.56 Å². The molecule has 1 saturated heterocycles. The van der Waals surface area contributed by atoms with Crippen LogP contribution in [0.4, 0.5) is 0 Å². The number of ether oxygens (including phenoxy) is 4. The van der Waals surface area contributed by atoms with Gasteiger partial charge in [0, 0.05) is 52.4 Å². The molecule has 0 spiro atoms. The summed E-state index contributed by atoms with van der Waals surface area (Å²) in [7, 11) is -3.75. The molecule has 0 bridgehead atoms. The SMILES string of the molecule is CC(C)(C)OC(=O)CN1CCN(CP(=O)(OC(C)(C)C)OC(C)(C)C)CCN(CC(=O)OC(C)(C)C)CCN(C(CC(=O)OCc2ccccc2)C(=O)OC(C)(C)C)CC1. The van der Waals surface area contributed by atoms with Crippen molar-refractivity contribution >= 4 is 31.5 Å². The minimum absolute atomic E-state index is 0.0407. The molecular formula is C44H77N4O11P. The van der Waals surface area contributed by atoms with Gasteiger partial charge in [0.05, 0.1) is 30.7 Å². The number of carbonyl (C=O) groups excluding carboxylic acids is 4. The summed E-state index contributed by atoms with van der Waals surface area (Å²) in [6, 6.07) is 8.23. The second-order valence-electron chi connectivity index (χ2n) is 20.4. The van der Waals surface area contributed by atoms with Crippen LogP contribution in [0.15, 0.2) is 30.3 Å². The molecule has 0 aliphatic carbocycles. The highest BCUT2D eigenvalue weighted by Crippen LogP contribution is 2.54. The second kappa shape index (κ2) is 22.4. The molecule has 1 atom stereocenters. The largest absolute Gasteiger partial charge is 0.461 e. The summed E-state index contributed by atoms with van der Waals surface area (Å²) in [6.45, 7) is 29.4. The van der Waals surface area contributed by atoms with E-state index in [0.29, 0.717) is 26.2 Å². The third-order valence-electron chi connectivity index (χ3n) is 8.34. The highest BCUT2D eigenvalue weighted by Gasteiger charge is 2.38. The summed E-state index contributed by atoms with van der Waals surface area (Å²) < 4.78 is 49.9. The average molecular weight is 869 g/mol. The van der Waals surface area contributed by atoms with Crippen LogP contribution < -0.4 is 0 Å². The Morgan fingerprint density at radius 2 is 0.950 bits per heavy atom. The van der Waals surface area contributed by atoms with Gasteiger partial charge in [-0.25, -0.2) is 0 Å². The Morgan fingerprint density at radius 1 is 0.550 bits per heavy atom. The van der Waals surface area contributed by atoms with E-state index in [1.807, 2.05) is 91.5 Å². The van der Waals surface area contributed by atoms with E-state index in [9.17, 15) is 23.7 Å². The van der Waals surface area contributed by atoms with Crippen molar-refractivity contribution in [2.24, 2.45) is 0 Å². The van der Waals surface area contributed by atoms with Gasteiger partial charge in [-0.1, -0.05) is 30.3 Å². The lowest BCUT2D eigenvalue weighted by Gasteiger charge is -2.38. The fourth-order valence-electron chi connectivity index (χ4n) is 6.28. The van der Waals surface area contributed by atoms with E-state index >= 15 is 0 Å². The lowest BCUT2D eigenvalue weighted by Crippen LogP contribution is -2.53. The summed E-state index contributed by atoms with van der Waals surface area (Å²) >= 11 is 0. The topological polar surface area (TPSA) is 154 Å². The normalized spacial score (nSPS) is 17.5. The van der Waals surface area contributed by atoms with Crippen molar-refractivity contribution < 1.29 is 51.7 Å². The summed E-state index contributed by atoms with van der Waals surface area (Å²) in [5, 5.41) is 0. The van der Waals surface area contributed by atoms with E-state index < -0.39 is 65.5 Å². The van der Waals surface area contributed by atoms with E-state index in [1.165, 1.54) is 0 Å². The Hall–Kier alpha value is -2.91. The zero-order valence-corrected chi connectivity index (χ0v) is 40.3. The standard InChI is InChI=1S/C44H77N4O11P/c1-40(2,3)55-37(50)30-45-21-23-47(33-60(53,58-43(10,11)12)59-44(13,14)15)24-22-46(31-38(51)56-41(4,5)6)26-28-48(27-25-45)35(39(52)57-42(7,8)9)29-36(49)54-32-34-19-17-16-18-20-34/h16-20,35H,21-33H2,1-15H3. The molecule has 0 N–H and O–H groups in total. The van der Waals surface area contributed by atoms with Gasteiger partial charge in [0.25, 0.3) is 0 Å². The fraction of sp³-hybridized carbons (Fsp3) is 0.773. The maximum absolute atomic E-state index is 14.6. The smallest absolute Gasteiger partial charge is 0.345 e. The van der Waals surface area contributed by atoms with Gasteiger partial charge in [0.15, 0.2) is 0 Å². The maximum Gasteiger partial charge on any atom is 0.345 e. The van der Waals surface area contributed by atoms with Crippen molar-refractivity contribution in [1.29, 1.82) is 0 Å². The van der Waals surface area contributed by atoms with Crippen molar-refractivity contribution in [1.82, 2.24) is 19.6 Å². The van der Waals surface area contributed by atoms with Crippen LogP contribution in [0.3, 0.4) is 0 Å². The van der Waals surface area contributed by atoms with Gasteiger partial charge >= 0.3 is 31.5 Å². The minimum atomic E-state index is -3.75. The maximum atomic E-state index is 14.6. The molecular weight excluding hydrogens is 791 g/mol. The number of carbonyl (C=O) groups is 4. The van der Waals surface area contributed by atoms with Crippen LogP contribution in [0.25, 0.3) is 0 Å². The predicted octanol–water partition coefficient (Wildman–Crippen LogP) is 6.52. The van der Waals surface area contributed by atoms with E-state index in [4.69, 9.17) is 28.0 Å². The molecule has 15 nitrogen and oxygen atoms in total. The van der Waals surface area contributed by atoms with E-state index in [2.05, 4.69) is 0 Å². The number of hydrogen-bond acceptors (Lipinski definition) is 15. The quantitative estimate of drug-likeness (QED) is 0.113. The first kappa shape index (κ1) is 53.2. The highest BCUT2D eigenvalue weighted by atomic mass is 31.2. The Balaban J connectivity index is 2.61. The van der Waals surface area contributed by atoms with Gasteiger partial charge in [-0.05, 0) is 109 Å². The Morgan fingerprint density at radius 3 is 1.35 bits per heavy atom. The molecule has 1 aliphatic heterocycles. The van der Waals surface area contributed by atoms with Crippen LogP contribution in [0.5, 0.6) is 0 Å². The van der Waals surface area contributed by atoms with Crippen LogP contribution in [-0.4, -0.2) is 149 Å². The van der Waals surface area contributed by atoms with Gasteiger partial charge in [-0.2, -0.15) is 0 Å². The Labute approximate surface area is 360 Å². The molecule has 0 saturated carbocycles. The molecule has 1 aromatic carbocycles. The van der Waals surface area contributed by atoms with Gasteiger partial charge in [0.1, 0.15) is 35.7 Å². The van der Waals surface area contributed by atoms with Crippen molar-refractivity contribution in [3.63, 3.8) is 0 Å². The van der Waals surface area contributed by atoms with E-state index in [-0.39, 0.29) is 58.6 Å². The Kier molecular flexibility index (Phi) is 19.9. The molecule has 1 aromatic rings. The predicted molar refractivity (Wildman–Crippen MR) is 232 cm³/mol. The summed E-state index contributed by atoms with van der Waals surface area (Å²) in [6.07, 6.45) is -0.329. The molecule has 344 valence electrons. The Bertz CT molecular complexity index is 1510. The van der Waals surface area contributed by atoms with Crippen LogP contribution >= 0.6 is 7.60 Å². The van der Waals surface area contributed by atoms with Crippen molar-refractivity contribution in [3.8, 4) is 0 Å². The highest BCUT2D eigenvalue weighted by molar-refractivity contribution is 7.53. The number of hydrogen-bond donors (Lipinski definition) is 0. The summed E-state index contributed by atoms with van der Waals surface area (Å²) in [5.41, 5.74) is -3.04. The zero-order chi connectivity index (χ0) is 45.7. The number of rotatable bonds is 14. The number of esters is 4. The van der Waals surface area contributed by atoms with Crippen LogP contribution in [-0.2, 0) is 58.3 Å². The molecule has 1 heterocycles. The molecule has 1 aliphatic rings. The molecule has 0 radical (unpaired) electrons. The zero-order valence-electron chi connectivity index (χ0n) is 39.4. The van der Waals surface area contributed by atoms with Gasteiger partial charge in [-0.3, -0.25) is 43.3 Å². The summed E-state index contributed by atoms with van der Waals surface area (Å²) in [4.78, 5) is 61.9. The summed E-state index contributed by atoms with van der Waals surface area (Å²) in [5.74, 6) is -2.03. The lowest BCUT2D eigenvalue weighted by molar-refractivity contribution is -0.166. The molecule has 1 fully saturated rings. The molecule has 60 heavy (non-hydrogen) atoms. The molecule has 0 aromatic heterocycles. The first-order chi connectivity index (χ1) is 27.3. The average Bonchev–Trinajstić information content (AvgIpc) is 3.02. The monoisotopic (exact) mass is 869 g/mol. The molecule has 16 heteroatoms. The fourth-order valence-corrected chi connectivity index (χ4v) is 8.87. The minimum Gasteiger partial charge on any atom is -0.461 e. The van der Waals surface area contributed by atoms with Gasteiger partial charge in [-0.15, -0.1) is 0 Å². The van der Waals surface area contributed by atoms with Crippen molar-refractivity contribution in [2.75, 3.05) is 71.7 Å². The molecule has 1 unspecified atom stereocenters. The number of benzene rings is 1. The van der Waals surface area contributed by atoms with Crippen LogP contribution in [0, 0.1) is 0 Å². The number of nitrogens with zero attached hydrogens (tertiary/aromatic N) is 4. The third kappa shape index (κ3) is 23.9. The van der Waals surface area contributed by atoms with Crippen LogP contribution in [0.1, 0.15) is 116 Å². The lowest BCUT2D eigenvalue weighted by atomic mass is 10.1. The first-order valence-corrected chi connectivity index (χ1v) is 22.8. The van der Waals surface area contributed by atoms with Gasteiger partial charge in [0.2, 0.25) is 0 Å². The molecule has 0 amide bonds. The third-order valence-corrected chi connectivity index (χ3v) is 10.7. The van der Waals surface area contributed by atoms with Crippen molar-refractivity contribution in [2.45, 2.75) is 151 Å². The van der Waals surface area contributed by atoms with Crippen LogP contribution in [0.2, 0.25) is 0 Å². The van der Waals surface area contributed by atoms with E-state index in [1.54, 1.807) is 62.3 Å². The van der Waals surface area contributed by atoms with Crippen molar-refractivity contribution in [3.05, 3.63) is 35.9 Å². The van der Waals surface area contributed by atoms with Gasteiger partial charge < -0.3 is 28.0 Å². The second-order valence-corrected chi connectivity index (χ2v) is 22.3.